The molecule has 2 heterocycles. The molecule has 0 radical (unpaired) electrons. The fourth-order valence-corrected chi connectivity index (χ4v) is 3.95. The minimum atomic E-state index is -1.25. The highest BCUT2D eigenvalue weighted by Gasteiger charge is 2.29. The Labute approximate surface area is 176 Å². The van der Waals surface area contributed by atoms with Gasteiger partial charge in [0, 0.05) is 28.2 Å². The van der Waals surface area contributed by atoms with E-state index in [-0.39, 0.29) is 17.7 Å². The highest BCUT2D eigenvalue weighted by Crippen LogP contribution is 2.27. The first-order valence-electron chi connectivity index (χ1n) is 9.12. The van der Waals surface area contributed by atoms with Gasteiger partial charge in [-0.15, -0.1) is 0 Å². The first kappa shape index (κ1) is 20.6. The summed E-state index contributed by atoms with van der Waals surface area (Å²) in [5, 5.41) is 9.86. The number of likely N-dealkylation sites (tertiary alicyclic amines) is 1. The van der Waals surface area contributed by atoms with E-state index in [2.05, 4.69) is 22.6 Å². The summed E-state index contributed by atoms with van der Waals surface area (Å²) in [6.07, 6.45) is 2.57. The van der Waals surface area contributed by atoms with Crippen LogP contribution in [-0.4, -0.2) is 45.3 Å². The van der Waals surface area contributed by atoms with Gasteiger partial charge >= 0.3 is 12.1 Å². The molecule has 1 unspecified atom stereocenters. The molecule has 0 saturated carbocycles. The van der Waals surface area contributed by atoms with Crippen molar-refractivity contribution in [3.8, 4) is 0 Å². The lowest BCUT2D eigenvalue weighted by Gasteiger charge is -2.35. The van der Waals surface area contributed by atoms with E-state index in [0.29, 0.717) is 24.0 Å². The molecular weight excluding hydrogens is 475 g/mol. The molecule has 1 aromatic heterocycles. The number of ether oxygens (including phenoxy) is 1. The number of carbonyl (C=O) groups is 2. The van der Waals surface area contributed by atoms with E-state index in [4.69, 9.17) is 4.74 Å². The van der Waals surface area contributed by atoms with Crippen molar-refractivity contribution < 1.29 is 19.4 Å². The highest BCUT2D eigenvalue weighted by molar-refractivity contribution is 14.1. The van der Waals surface area contributed by atoms with Crippen molar-refractivity contribution in [1.29, 1.82) is 0 Å². The average Bonchev–Trinajstić information content (AvgIpc) is 2.61. The van der Waals surface area contributed by atoms with E-state index in [1.54, 1.807) is 11.0 Å². The Morgan fingerprint density at radius 3 is 2.64 bits per heavy atom. The molecule has 0 bridgehead atoms. The molecule has 7 nitrogen and oxygen atoms in total. The topological polar surface area (TPSA) is 88.8 Å². The Morgan fingerprint density at radius 2 is 2.00 bits per heavy atom. The van der Waals surface area contributed by atoms with Gasteiger partial charge in [-0.25, -0.2) is 9.59 Å². The number of hydrogen-bond acceptors (Lipinski definition) is 4. The van der Waals surface area contributed by atoms with Crippen LogP contribution in [0.25, 0.3) is 10.9 Å². The number of carboxylic acid groups (broad SMARTS) is 1. The normalized spacial score (nSPS) is 17.6. The zero-order chi connectivity index (χ0) is 20.6. The second-order valence-corrected chi connectivity index (χ2v) is 9.21. The molecule has 8 heteroatoms. The Hall–Kier alpha value is -2.10. The maximum atomic E-state index is 12.6. The van der Waals surface area contributed by atoms with Crippen LogP contribution in [0.2, 0.25) is 0 Å². The molecule has 1 N–H and O–H groups in total. The predicted molar refractivity (Wildman–Crippen MR) is 114 cm³/mol. The Morgan fingerprint density at radius 1 is 1.29 bits per heavy atom. The second-order valence-electron chi connectivity index (χ2n) is 7.97. The standard InChI is InChI=1S/C20H23IN2O5/c1-20(2,3)28-19(27)22-8-4-5-13(10-22)23-11-15(18(25)26)17(24)14-9-12(21)6-7-16(14)23/h6-7,9,11,13H,4-5,8,10H2,1-3H3,(H,25,26). The molecule has 2 aromatic rings. The summed E-state index contributed by atoms with van der Waals surface area (Å²) >= 11 is 2.10. The fraction of sp³-hybridized carbons (Fsp3) is 0.450. The van der Waals surface area contributed by atoms with Gasteiger partial charge in [0.1, 0.15) is 11.2 Å². The molecule has 1 aliphatic rings. The molecule has 1 amide bonds. The summed E-state index contributed by atoms with van der Waals surface area (Å²) in [6, 6.07) is 5.28. The van der Waals surface area contributed by atoms with Gasteiger partial charge in [-0.1, -0.05) is 0 Å². The smallest absolute Gasteiger partial charge is 0.410 e. The number of amides is 1. The van der Waals surface area contributed by atoms with Crippen molar-refractivity contribution in [2.75, 3.05) is 13.1 Å². The van der Waals surface area contributed by atoms with Crippen molar-refractivity contribution in [1.82, 2.24) is 9.47 Å². The molecule has 1 atom stereocenters. The van der Waals surface area contributed by atoms with Crippen LogP contribution in [0.4, 0.5) is 4.79 Å². The van der Waals surface area contributed by atoms with Crippen LogP contribution < -0.4 is 5.43 Å². The predicted octanol–water partition coefficient (Wildman–Crippen LogP) is 3.88. The molecule has 1 saturated heterocycles. The summed E-state index contributed by atoms with van der Waals surface area (Å²) in [5.74, 6) is -1.25. The molecule has 0 aliphatic carbocycles. The Balaban J connectivity index is 2.03. The van der Waals surface area contributed by atoms with E-state index in [0.717, 1.165) is 16.4 Å². The number of halogens is 1. The summed E-state index contributed by atoms with van der Waals surface area (Å²) in [7, 11) is 0. The van der Waals surface area contributed by atoms with Crippen LogP contribution in [0.1, 0.15) is 50.0 Å². The van der Waals surface area contributed by atoms with Gasteiger partial charge in [-0.3, -0.25) is 4.79 Å². The molecule has 1 fully saturated rings. The van der Waals surface area contributed by atoms with Gasteiger partial charge in [0.2, 0.25) is 5.43 Å². The number of pyridine rings is 1. The number of aromatic nitrogens is 1. The third kappa shape index (κ3) is 4.31. The number of piperidine rings is 1. The largest absolute Gasteiger partial charge is 0.477 e. The Kier molecular flexibility index (Phi) is 5.69. The van der Waals surface area contributed by atoms with E-state index in [1.165, 1.54) is 6.20 Å². The average molecular weight is 498 g/mol. The van der Waals surface area contributed by atoms with Crippen LogP contribution in [0.15, 0.2) is 29.2 Å². The van der Waals surface area contributed by atoms with E-state index in [9.17, 15) is 19.5 Å². The molecule has 3 rings (SSSR count). The zero-order valence-corrected chi connectivity index (χ0v) is 18.2. The number of rotatable bonds is 2. The monoisotopic (exact) mass is 498 g/mol. The maximum absolute atomic E-state index is 12.6. The van der Waals surface area contributed by atoms with Gasteiger partial charge < -0.3 is 19.3 Å². The van der Waals surface area contributed by atoms with Gasteiger partial charge in [0.25, 0.3) is 0 Å². The lowest BCUT2D eigenvalue weighted by atomic mass is 10.0. The summed E-state index contributed by atoms with van der Waals surface area (Å²) in [4.78, 5) is 38.3. The number of aromatic carboxylic acids is 1. The highest BCUT2D eigenvalue weighted by atomic mass is 127. The van der Waals surface area contributed by atoms with Crippen LogP contribution in [0.5, 0.6) is 0 Å². The van der Waals surface area contributed by atoms with Crippen LogP contribution in [0.3, 0.4) is 0 Å². The molecule has 0 spiro atoms. The first-order valence-corrected chi connectivity index (χ1v) is 10.2. The third-order valence-electron chi connectivity index (χ3n) is 4.67. The zero-order valence-electron chi connectivity index (χ0n) is 16.1. The van der Waals surface area contributed by atoms with Crippen molar-refractivity contribution in [2.45, 2.75) is 45.3 Å². The number of hydrogen-bond donors (Lipinski definition) is 1. The fourth-order valence-electron chi connectivity index (χ4n) is 3.46. The van der Waals surface area contributed by atoms with E-state index < -0.39 is 17.0 Å². The second kappa shape index (κ2) is 7.73. The minimum absolute atomic E-state index is 0.137. The van der Waals surface area contributed by atoms with Crippen molar-refractivity contribution >= 4 is 45.6 Å². The van der Waals surface area contributed by atoms with Crippen molar-refractivity contribution in [3.05, 3.63) is 43.8 Å². The van der Waals surface area contributed by atoms with Crippen LogP contribution in [0, 0.1) is 3.57 Å². The molecule has 150 valence electrons. The molecule has 1 aromatic carbocycles. The maximum Gasteiger partial charge on any atom is 0.410 e. The minimum Gasteiger partial charge on any atom is -0.477 e. The van der Waals surface area contributed by atoms with Crippen LogP contribution >= 0.6 is 22.6 Å². The van der Waals surface area contributed by atoms with Gasteiger partial charge in [0.05, 0.1) is 11.6 Å². The molecular formula is C20H23IN2O5. The van der Waals surface area contributed by atoms with Crippen molar-refractivity contribution in [3.63, 3.8) is 0 Å². The molecule has 28 heavy (non-hydrogen) atoms. The first-order chi connectivity index (χ1) is 13.1. The lowest BCUT2D eigenvalue weighted by molar-refractivity contribution is 0.0173. The Bertz CT molecular complexity index is 992. The van der Waals surface area contributed by atoms with Gasteiger partial charge in [-0.05, 0) is 74.4 Å². The van der Waals surface area contributed by atoms with E-state index >= 15 is 0 Å². The third-order valence-corrected chi connectivity index (χ3v) is 5.34. The lowest BCUT2D eigenvalue weighted by Crippen LogP contribution is -2.43. The number of carboxylic acids is 1. The SMILES string of the molecule is CC(C)(C)OC(=O)N1CCCC(n2cc(C(=O)O)c(=O)c3cc(I)ccc32)C1. The summed E-state index contributed by atoms with van der Waals surface area (Å²) in [5.41, 5.74) is -0.659. The van der Waals surface area contributed by atoms with Gasteiger partial charge in [-0.2, -0.15) is 0 Å². The van der Waals surface area contributed by atoms with Crippen LogP contribution in [-0.2, 0) is 4.74 Å². The number of carbonyl (C=O) groups excluding carboxylic acids is 1. The number of benzene rings is 1. The summed E-state index contributed by atoms with van der Waals surface area (Å²) in [6.45, 7) is 6.46. The summed E-state index contributed by atoms with van der Waals surface area (Å²) < 4.78 is 8.16. The van der Waals surface area contributed by atoms with Crippen molar-refractivity contribution in [2.24, 2.45) is 0 Å². The quantitative estimate of drug-likeness (QED) is 0.636. The molecule has 1 aliphatic heterocycles. The number of nitrogens with zero attached hydrogens (tertiary/aromatic N) is 2. The van der Waals surface area contributed by atoms with E-state index in [1.807, 2.05) is 37.5 Å². The van der Waals surface area contributed by atoms with Gasteiger partial charge in [0.15, 0.2) is 0 Å². The number of fused-ring (bicyclic) bond motifs is 1.